The number of unbranched alkanes of at least 4 members (excludes halogenated alkanes) is 3. The van der Waals surface area contributed by atoms with Gasteiger partial charge in [-0.05, 0) is 108 Å². The molecular weight excluding hydrogens is 444 g/mol. The first kappa shape index (κ1) is 28.2. The second kappa shape index (κ2) is 15.7. The third kappa shape index (κ3) is 9.87. The molecule has 3 fully saturated rings. The summed E-state index contributed by atoms with van der Waals surface area (Å²) >= 11 is 0. The lowest BCUT2D eigenvalue weighted by Gasteiger charge is -2.37. The smallest absolute Gasteiger partial charge is 0.330 e. The number of hydrogen-bond acceptors (Lipinski definition) is 6. The van der Waals surface area contributed by atoms with Crippen molar-refractivity contribution in [2.45, 2.75) is 121 Å². The lowest BCUT2D eigenvalue weighted by atomic mass is 9.72. The Kier molecular flexibility index (Phi) is 12.6. The minimum Gasteiger partial charge on any atom is -0.463 e. The van der Waals surface area contributed by atoms with Crippen LogP contribution in [-0.2, 0) is 28.5 Å². The van der Waals surface area contributed by atoms with Gasteiger partial charge in [-0.1, -0.05) is 13.0 Å². The molecule has 6 heteroatoms. The molecule has 0 N–H and O–H groups in total. The average molecular weight is 493 g/mol. The second-order valence-electron chi connectivity index (χ2n) is 10.9. The van der Waals surface area contributed by atoms with E-state index in [4.69, 9.17) is 18.9 Å². The molecule has 0 bridgehead atoms. The maximum absolute atomic E-state index is 12.8. The summed E-state index contributed by atoms with van der Waals surface area (Å²) in [5.74, 6) is 1.39. The number of ether oxygens (including phenoxy) is 4. The third-order valence-corrected chi connectivity index (χ3v) is 8.53. The molecule has 0 aliphatic heterocycles. The first-order valence-electron chi connectivity index (χ1n) is 14.2. The molecule has 0 unspecified atom stereocenters. The van der Waals surface area contributed by atoms with Crippen LogP contribution in [-0.4, -0.2) is 50.6 Å². The molecule has 0 aromatic heterocycles. The van der Waals surface area contributed by atoms with Crippen LogP contribution >= 0.6 is 0 Å². The van der Waals surface area contributed by atoms with Gasteiger partial charge in [-0.3, -0.25) is 4.79 Å². The van der Waals surface area contributed by atoms with E-state index in [1.54, 1.807) is 0 Å². The molecule has 0 amide bonds. The molecule has 3 aliphatic rings. The quantitative estimate of drug-likeness (QED) is 0.174. The second-order valence-corrected chi connectivity index (χ2v) is 10.9. The Hall–Kier alpha value is -1.40. The van der Waals surface area contributed by atoms with Gasteiger partial charge in [-0.15, -0.1) is 0 Å². The van der Waals surface area contributed by atoms with E-state index in [2.05, 4.69) is 6.58 Å². The predicted octanol–water partition coefficient (Wildman–Crippen LogP) is 6.16. The van der Waals surface area contributed by atoms with Crippen molar-refractivity contribution >= 4 is 11.9 Å². The number of methoxy groups -OCH3 is 1. The topological polar surface area (TPSA) is 71.1 Å². The number of hydrogen-bond donors (Lipinski definition) is 0. The minimum absolute atomic E-state index is 0.0321. The number of carbonyl (C=O) groups excluding carboxylic acids is 2. The van der Waals surface area contributed by atoms with Crippen LogP contribution in [0.2, 0.25) is 0 Å². The first-order valence-corrected chi connectivity index (χ1v) is 14.2. The van der Waals surface area contributed by atoms with Gasteiger partial charge < -0.3 is 18.9 Å². The van der Waals surface area contributed by atoms with Gasteiger partial charge in [-0.25, -0.2) is 4.79 Å². The fraction of sp³-hybridized carbons (Fsp3) is 0.862. The molecule has 0 heterocycles. The summed E-state index contributed by atoms with van der Waals surface area (Å²) in [5.41, 5.74) is 0. The Labute approximate surface area is 212 Å². The molecule has 200 valence electrons. The zero-order chi connectivity index (χ0) is 24.9. The highest BCUT2D eigenvalue weighted by molar-refractivity contribution is 5.81. The lowest BCUT2D eigenvalue weighted by Crippen LogP contribution is -2.33. The molecule has 3 rings (SSSR count). The monoisotopic (exact) mass is 492 g/mol. The standard InChI is InChI=1S/C29H48O6/c1-3-28(30)34-21-7-5-4-6-20-33-26-16-12-24(13-17-26)29(31)35-27-18-10-23(11-19-27)22-8-14-25(32-2)15-9-22/h3,22-27H,1,4-21H2,2H3. The summed E-state index contributed by atoms with van der Waals surface area (Å²) in [7, 11) is 1.84. The van der Waals surface area contributed by atoms with E-state index in [-0.39, 0.29) is 30.1 Å². The van der Waals surface area contributed by atoms with Crippen LogP contribution in [0.25, 0.3) is 0 Å². The van der Waals surface area contributed by atoms with Gasteiger partial charge in [-0.2, -0.15) is 0 Å². The summed E-state index contributed by atoms with van der Waals surface area (Å²) < 4.78 is 22.5. The van der Waals surface area contributed by atoms with Crippen LogP contribution in [0.5, 0.6) is 0 Å². The molecule has 0 atom stereocenters. The van der Waals surface area contributed by atoms with E-state index in [1.165, 1.54) is 44.6 Å². The van der Waals surface area contributed by atoms with Crippen molar-refractivity contribution in [3.8, 4) is 0 Å². The van der Waals surface area contributed by atoms with E-state index in [1.807, 2.05) is 7.11 Å². The zero-order valence-corrected chi connectivity index (χ0v) is 21.9. The fourth-order valence-corrected chi connectivity index (χ4v) is 6.24. The van der Waals surface area contributed by atoms with Crippen molar-refractivity contribution in [2.75, 3.05) is 20.3 Å². The van der Waals surface area contributed by atoms with Crippen LogP contribution in [0.15, 0.2) is 12.7 Å². The molecule has 6 nitrogen and oxygen atoms in total. The Balaban J connectivity index is 1.20. The van der Waals surface area contributed by atoms with Gasteiger partial charge in [0.25, 0.3) is 0 Å². The number of rotatable bonds is 13. The summed E-state index contributed by atoms with van der Waals surface area (Å²) in [5, 5.41) is 0. The van der Waals surface area contributed by atoms with E-state index in [0.717, 1.165) is 82.7 Å². The van der Waals surface area contributed by atoms with Gasteiger partial charge in [0, 0.05) is 19.8 Å². The molecule has 0 spiro atoms. The fourth-order valence-electron chi connectivity index (χ4n) is 6.24. The average Bonchev–Trinajstić information content (AvgIpc) is 2.90. The molecular formula is C29H48O6. The molecule has 0 aromatic rings. The SMILES string of the molecule is C=CC(=O)OCCCCCCOC1CCC(C(=O)OC2CCC(C3CCC(OC)CC3)CC2)CC1. The third-order valence-electron chi connectivity index (χ3n) is 8.53. The van der Waals surface area contributed by atoms with Crippen molar-refractivity contribution < 1.29 is 28.5 Å². The van der Waals surface area contributed by atoms with Gasteiger partial charge in [0.15, 0.2) is 0 Å². The van der Waals surface area contributed by atoms with Crippen molar-refractivity contribution in [2.24, 2.45) is 17.8 Å². The van der Waals surface area contributed by atoms with Gasteiger partial charge in [0.1, 0.15) is 6.10 Å². The van der Waals surface area contributed by atoms with E-state index < -0.39 is 0 Å². The summed E-state index contributed by atoms with van der Waals surface area (Å²) in [6.07, 6.45) is 19.2. The molecule has 35 heavy (non-hydrogen) atoms. The molecule has 3 saturated carbocycles. The van der Waals surface area contributed by atoms with Gasteiger partial charge >= 0.3 is 11.9 Å². The zero-order valence-electron chi connectivity index (χ0n) is 21.9. The molecule has 0 aromatic carbocycles. The molecule has 3 aliphatic carbocycles. The van der Waals surface area contributed by atoms with Crippen molar-refractivity contribution in [1.29, 1.82) is 0 Å². The van der Waals surface area contributed by atoms with Gasteiger partial charge in [0.05, 0.1) is 24.7 Å². The van der Waals surface area contributed by atoms with Crippen molar-refractivity contribution in [1.82, 2.24) is 0 Å². The van der Waals surface area contributed by atoms with Crippen LogP contribution < -0.4 is 0 Å². The Morgan fingerprint density at radius 3 is 1.83 bits per heavy atom. The van der Waals surface area contributed by atoms with Crippen molar-refractivity contribution in [3.63, 3.8) is 0 Å². The highest BCUT2D eigenvalue weighted by Gasteiger charge is 2.34. The Bertz CT molecular complexity index is 625. The Morgan fingerprint density at radius 2 is 1.26 bits per heavy atom. The summed E-state index contributed by atoms with van der Waals surface area (Å²) in [6, 6.07) is 0. The van der Waals surface area contributed by atoms with E-state index in [0.29, 0.717) is 12.7 Å². The van der Waals surface area contributed by atoms with Crippen molar-refractivity contribution in [3.05, 3.63) is 12.7 Å². The van der Waals surface area contributed by atoms with E-state index in [9.17, 15) is 9.59 Å². The van der Waals surface area contributed by atoms with Crippen LogP contribution in [0.4, 0.5) is 0 Å². The van der Waals surface area contributed by atoms with E-state index >= 15 is 0 Å². The highest BCUT2D eigenvalue weighted by atomic mass is 16.5. The predicted molar refractivity (Wildman–Crippen MR) is 136 cm³/mol. The summed E-state index contributed by atoms with van der Waals surface area (Å²) in [6.45, 7) is 4.61. The maximum atomic E-state index is 12.8. The molecule has 0 radical (unpaired) electrons. The van der Waals surface area contributed by atoms with Crippen LogP contribution in [0.1, 0.15) is 103 Å². The van der Waals surface area contributed by atoms with Crippen LogP contribution in [0.3, 0.4) is 0 Å². The summed E-state index contributed by atoms with van der Waals surface area (Å²) in [4.78, 5) is 23.7. The van der Waals surface area contributed by atoms with Crippen LogP contribution in [0, 0.1) is 17.8 Å². The first-order chi connectivity index (χ1) is 17.1. The minimum atomic E-state index is -0.351. The maximum Gasteiger partial charge on any atom is 0.330 e. The number of esters is 2. The number of carbonyl (C=O) groups is 2. The lowest BCUT2D eigenvalue weighted by molar-refractivity contribution is -0.158. The highest BCUT2D eigenvalue weighted by Crippen LogP contribution is 2.40. The normalized spacial score (nSPS) is 31.5. The Morgan fingerprint density at radius 1 is 0.714 bits per heavy atom. The largest absolute Gasteiger partial charge is 0.463 e. The molecule has 0 saturated heterocycles. The van der Waals surface area contributed by atoms with Gasteiger partial charge in [0.2, 0.25) is 0 Å².